The van der Waals surface area contributed by atoms with E-state index in [9.17, 15) is 4.79 Å². The van der Waals surface area contributed by atoms with E-state index in [0.29, 0.717) is 64.4 Å². The average Bonchev–Trinajstić information content (AvgIpc) is 3.37. The first-order valence-electron chi connectivity index (χ1n) is 16.2. The minimum absolute atomic E-state index is 0.0636. The number of nitrogens with zero attached hydrogens (tertiary/aromatic N) is 1. The van der Waals surface area contributed by atoms with Gasteiger partial charge in [-0.2, -0.15) is 0 Å². The zero-order valence-corrected chi connectivity index (χ0v) is 28.2. The monoisotopic (exact) mass is 671 g/mol. The van der Waals surface area contributed by atoms with Gasteiger partial charge in [0, 0.05) is 22.5 Å². The summed E-state index contributed by atoms with van der Waals surface area (Å²) in [6.45, 7) is 7.87. The molecule has 0 fully saturated rings. The van der Waals surface area contributed by atoms with Crippen LogP contribution in [0.1, 0.15) is 23.6 Å². The van der Waals surface area contributed by atoms with E-state index in [-0.39, 0.29) is 12.6 Å². The second-order valence-corrected chi connectivity index (χ2v) is 11.5. The summed E-state index contributed by atoms with van der Waals surface area (Å²) in [5.74, 6) is 1.25. The number of carbonyl (C=O) groups is 1. The molecule has 0 aliphatic carbocycles. The quantitative estimate of drug-likeness (QED) is 0.0653. The molecule has 4 aromatic carbocycles. The Labute approximate surface area is 287 Å². The van der Waals surface area contributed by atoms with Gasteiger partial charge in [-0.05, 0) is 78.6 Å². The Balaban J connectivity index is 1.15. The van der Waals surface area contributed by atoms with Gasteiger partial charge in [0.15, 0.2) is 0 Å². The fourth-order valence-corrected chi connectivity index (χ4v) is 5.49. The normalized spacial score (nSPS) is 11.1. The molecule has 8 nitrogen and oxygen atoms in total. The minimum Gasteiger partial charge on any atom is -0.491 e. The fraction of sp³-hybridized carbons (Fsp3) is 0.308. The Morgan fingerprint density at radius 2 is 1.38 bits per heavy atom. The molecule has 1 heterocycles. The molecule has 48 heavy (non-hydrogen) atoms. The van der Waals surface area contributed by atoms with Gasteiger partial charge in [0.25, 0.3) is 0 Å². The highest BCUT2D eigenvalue weighted by Crippen LogP contribution is 2.36. The lowest BCUT2D eigenvalue weighted by molar-refractivity contribution is -0.149. The number of halogens is 1. The first-order valence-corrected chi connectivity index (χ1v) is 16.6. The molecule has 0 atom stereocenters. The summed E-state index contributed by atoms with van der Waals surface area (Å²) in [6, 6.07) is 32.7. The Hall–Kier alpha value is -4.34. The number of carbonyl (C=O) groups excluding carboxylic acids is 1. The maximum Gasteiger partial charge on any atom is 0.332 e. The second-order valence-electron chi connectivity index (χ2n) is 11.1. The van der Waals surface area contributed by atoms with E-state index in [2.05, 4.69) is 60.0 Å². The summed E-state index contributed by atoms with van der Waals surface area (Å²) in [4.78, 5) is 11.2. The molecule has 0 aliphatic heterocycles. The Kier molecular flexibility index (Phi) is 13.3. The number of hydrogen-bond donors (Lipinski definition) is 0. The summed E-state index contributed by atoms with van der Waals surface area (Å²) >= 11 is 6.25. The predicted octanol–water partition coefficient (Wildman–Crippen LogP) is 7.89. The van der Waals surface area contributed by atoms with Crippen molar-refractivity contribution in [2.75, 3.05) is 52.9 Å². The van der Waals surface area contributed by atoms with Crippen LogP contribution in [0.3, 0.4) is 0 Å². The van der Waals surface area contributed by atoms with Crippen LogP contribution in [0.5, 0.6) is 11.5 Å². The van der Waals surface area contributed by atoms with Gasteiger partial charge >= 0.3 is 5.97 Å². The van der Waals surface area contributed by atoms with E-state index < -0.39 is 0 Å². The molecule has 0 aliphatic rings. The number of aromatic nitrogens is 1. The molecule has 0 radical (unpaired) electrons. The Bertz CT molecular complexity index is 1720. The van der Waals surface area contributed by atoms with Gasteiger partial charge in [0.1, 0.15) is 31.3 Å². The highest BCUT2D eigenvalue weighted by atomic mass is 35.5. The maximum atomic E-state index is 11.2. The van der Waals surface area contributed by atoms with Crippen LogP contribution in [-0.4, -0.2) is 63.4 Å². The van der Waals surface area contributed by atoms with Crippen LogP contribution in [0, 0.1) is 6.92 Å². The number of aryl methyl sites for hydroxylation is 1. The van der Waals surface area contributed by atoms with Gasteiger partial charge in [-0.15, -0.1) is 0 Å². The van der Waals surface area contributed by atoms with Crippen molar-refractivity contribution in [1.82, 2.24) is 4.57 Å². The predicted molar refractivity (Wildman–Crippen MR) is 188 cm³/mol. The third kappa shape index (κ3) is 10.1. The number of fused-ring (bicyclic) bond motifs is 1. The van der Waals surface area contributed by atoms with Gasteiger partial charge in [0.05, 0.1) is 45.3 Å². The minimum atomic E-state index is -0.372. The number of hydrogen-bond acceptors (Lipinski definition) is 7. The molecule has 0 N–H and O–H groups in total. The largest absolute Gasteiger partial charge is 0.491 e. The molecule has 0 spiro atoms. The topological polar surface area (TPSA) is 77.4 Å². The molecule has 0 unspecified atom stereocenters. The van der Waals surface area contributed by atoms with Crippen LogP contribution in [0.15, 0.2) is 97.1 Å². The summed E-state index contributed by atoms with van der Waals surface area (Å²) in [7, 11) is 0. The fourth-order valence-electron chi connectivity index (χ4n) is 5.37. The van der Waals surface area contributed by atoms with E-state index in [1.54, 1.807) is 6.92 Å². The van der Waals surface area contributed by atoms with Crippen molar-refractivity contribution in [2.45, 2.75) is 27.0 Å². The maximum absolute atomic E-state index is 11.2. The lowest BCUT2D eigenvalue weighted by Crippen LogP contribution is -2.16. The van der Waals surface area contributed by atoms with Crippen LogP contribution in [-0.2, 0) is 36.9 Å². The lowest BCUT2D eigenvalue weighted by Gasteiger charge is -2.13. The standard InChI is InChI=1S/C39H42ClNO7/c1-3-46-38(42)28-45-22-21-43-19-20-44-23-24-47-34-15-9-30(10-16-34)26-41-37-18-17-35(48-27-31-7-5-4-6-8-31)25-36(37)29(2)39(41)32-11-13-33(40)14-12-32/h4-18,25H,3,19-24,26-28H2,1-2H3. The summed E-state index contributed by atoms with van der Waals surface area (Å²) in [5.41, 5.74) is 6.85. The van der Waals surface area contributed by atoms with Gasteiger partial charge < -0.3 is 33.0 Å². The third-order valence-corrected chi connectivity index (χ3v) is 7.94. The van der Waals surface area contributed by atoms with Crippen molar-refractivity contribution < 1.29 is 33.2 Å². The van der Waals surface area contributed by atoms with E-state index >= 15 is 0 Å². The van der Waals surface area contributed by atoms with Gasteiger partial charge in [0.2, 0.25) is 0 Å². The number of ether oxygens (including phenoxy) is 6. The molecule has 5 rings (SSSR count). The smallest absolute Gasteiger partial charge is 0.332 e. The number of benzene rings is 4. The molecular formula is C39H42ClNO7. The van der Waals surface area contributed by atoms with Crippen LogP contribution in [0.2, 0.25) is 5.02 Å². The van der Waals surface area contributed by atoms with Crippen molar-refractivity contribution in [2.24, 2.45) is 0 Å². The highest BCUT2D eigenvalue weighted by molar-refractivity contribution is 6.30. The summed E-state index contributed by atoms with van der Waals surface area (Å²) in [6.07, 6.45) is 0. The lowest BCUT2D eigenvalue weighted by atomic mass is 10.1. The van der Waals surface area contributed by atoms with Crippen molar-refractivity contribution in [1.29, 1.82) is 0 Å². The van der Waals surface area contributed by atoms with Gasteiger partial charge in [-0.3, -0.25) is 0 Å². The average molecular weight is 672 g/mol. The first kappa shape index (κ1) is 35.0. The number of rotatable bonds is 19. The van der Waals surface area contributed by atoms with Crippen molar-refractivity contribution in [3.8, 4) is 22.8 Å². The van der Waals surface area contributed by atoms with Crippen LogP contribution >= 0.6 is 11.6 Å². The summed E-state index contributed by atoms with van der Waals surface area (Å²) in [5, 5.41) is 1.86. The molecule has 1 aromatic heterocycles. The zero-order valence-electron chi connectivity index (χ0n) is 27.5. The highest BCUT2D eigenvalue weighted by Gasteiger charge is 2.17. The van der Waals surface area contributed by atoms with Crippen molar-refractivity contribution in [3.05, 3.63) is 119 Å². The Morgan fingerprint density at radius 3 is 2.08 bits per heavy atom. The molecule has 5 aromatic rings. The van der Waals surface area contributed by atoms with E-state index in [4.69, 9.17) is 40.0 Å². The molecule has 0 saturated heterocycles. The summed E-state index contributed by atoms with van der Waals surface area (Å²) < 4.78 is 35.5. The van der Waals surface area contributed by atoms with E-state index in [1.807, 2.05) is 48.5 Å². The first-order chi connectivity index (χ1) is 23.5. The van der Waals surface area contributed by atoms with Crippen LogP contribution < -0.4 is 9.47 Å². The van der Waals surface area contributed by atoms with Gasteiger partial charge in [-0.1, -0.05) is 66.2 Å². The molecular weight excluding hydrogens is 630 g/mol. The Morgan fingerprint density at radius 1 is 0.708 bits per heavy atom. The third-order valence-electron chi connectivity index (χ3n) is 7.68. The molecule has 9 heteroatoms. The molecule has 0 saturated carbocycles. The molecule has 252 valence electrons. The van der Waals surface area contributed by atoms with E-state index in [1.165, 1.54) is 5.56 Å². The number of esters is 1. The van der Waals surface area contributed by atoms with Gasteiger partial charge in [-0.25, -0.2) is 4.79 Å². The van der Waals surface area contributed by atoms with Crippen LogP contribution in [0.4, 0.5) is 0 Å². The van der Waals surface area contributed by atoms with Crippen LogP contribution in [0.25, 0.3) is 22.2 Å². The van der Waals surface area contributed by atoms with E-state index in [0.717, 1.165) is 44.8 Å². The zero-order chi connectivity index (χ0) is 33.6. The molecule has 0 bridgehead atoms. The van der Waals surface area contributed by atoms with Crippen molar-refractivity contribution >= 4 is 28.5 Å². The molecule has 0 amide bonds. The SMILES string of the molecule is CCOC(=O)COCCOCCOCCOc1ccc(Cn2c(-c3ccc(Cl)cc3)c(C)c3cc(OCc4ccccc4)ccc32)cc1. The second kappa shape index (κ2) is 18.3. The van der Waals surface area contributed by atoms with Crippen molar-refractivity contribution in [3.63, 3.8) is 0 Å².